The largest absolute Gasteiger partial charge is 0.337 e. The van der Waals surface area contributed by atoms with Crippen LogP contribution in [0.4, 0.5) is 11.4 Å². The second-order valence-corrected chi connectivity index (χ2v) is 8.89. The Bertz CT molecular complexity index is 1110. The van der Waals surface area contributed by atoms with E-state index in [0.29, 0.717) is 11.5 Å². The molecule has 142 valence electrons. The maximum Gasteiger partial charge on any atom is 0.117 e. The van der Waals surface area contributed by atoms with Crippen LogP contribution in [0.1, 0.15) is 56.0 Å². The number of hydrogen-bond acceptors (Lipinski definition) is 2. The summed E-state index contributed by atoms with van der Waals surface area (Å²) < 4.78 is 2.25. The molecule has 1 aromatic heterocycles. The molecule has 1 spiro atoms. The van der Waals surface area contributed by atoms with Crippen LogP contribution in [0, 0.1) is 6.92 Å². The lowest BCUT2D eigenvalue weighted by atomic mass is 9.67. The first-order valence-electron chi connectivity index (χ1n) is 10.8. The average molecular weight is 370 g/mol. The lowest BCUT2D eigenvalue weighted by Crippen LogP contribution is -2.42. The topological polar surface area (TPSA) is 21.1 Å². The molecule has 6 rings (SSSR count). The van der Waals surface area contributed by atoms with Crippen molar-refractivity contribution in [3.63, 3.8) is 0 Å². The highest BCUT2D eigenvalue weighted by atomic mass is 15.2. The van der Waals surface area contributed by atoms with Crippen LogP contribution in [0.3, 0.4) is 0 Å². The third-order valence-corrected chi connectivity index (χ3v) is 7.53. The average Bonchev–Trinajstić information content (AvgIpc) is 3.36. The number of benzene rings is 2. The monoisotopic (exact) mass is 369 g/mol. The number of aromatic nitrogens is 2. The number of nitrogens with zero attached hydrogens (tertiary/aromatic N) is 3. The van der Waals surface area contributed by atoms with E-state index in [2.05, 4.69) is 72.0 Å². The summed E-state index contributed by atoms with van der Waals surface area (Å²) in [7, 11) is 0. The van der Waals surface area contributed by atoms with E-state index in [0.717, 1.165) is 17.8 Å². The van der Waals surface area contributed by atoms with Gasteiger partial charge < -0.3 is 9.47 Å². The third-order valence-electron chi connectivity index (χ3n) is 7.53. The van der Waals surface area contributed by atoms with Crippen LogP contribution in [0.15, 0.2) is 42.5 Å². The SMILES string of the molecule is Cc1cc2c(cc1N1c3ccccc3C3(CCCCC3)C1C)nc1n2C=CC1. The van der Waals surface area contributed by atoms with Crippen molar-refractivity contribution in [2.75, 3.05) is 4.90 Å². The van der Waals surface area contributed by atoms with Crippen molar-refractivity contribution in [1.82, 2.24) is 9.55 Å². The first-order chi connectivity index (χ1) is 13.7. The Morgan fingerprint density at radius 3 is 2.71 bits per heavy atom. The second kappa shape index (κ2) is 5.73. The van der Waals surface area contributed by atoms with Crippen LogP contribution in [-0.2, 0) is 11.8 Å². The number of imidazole rings is 1. The molecule has 0 N–H and O–H groups in total. The van der Waals surface area contributed by atoms with Gasteiger partial charge in [-0.25, -0.2) is 4.98 Å². The summed E-state index contributed by atoms with van der Waals surface area (Å²) in [6.07, 6.45) is 12.0. The van der Waals surface area contributed by atoms with E-state index in [1.807, 2.05) is 0 Å². The zero-order valence-corrected chi connectivity index (χ0v) is 16.8. The van der Waals surface area contributed by atoms with Crippen LogP contribution in [0.5, 0.6) is 0 Å². The zero-order chi connectivity index (χ0) is 18.9. The molecule has 1 atom stereocenters. The molecule has 0 radical (unpaired) electrons. The van der Waals surface area contributed by atoms with Gasteiger partial charge in [-0.15, -0.1) is 0 Å². The number of anilines is 2. The van der Waals surface area contributed by atoms with Crippen molar-refractivity contribution >= 4 is 28.6 Å². The van der Waals surface area contributed by atoms with Crippen LogP contribution < -0.4 is 4.90 Å². The number of allylic oxidation sites excluding steroid dienone is 1. The third kappa shape index (κ3) is 2.02. The van der Waals surface area contributed by atoms with Gasteiger partial charge in [0, 0.05) is 35.5 Å². The van der Waals surface area contributed by atoms with E-state index in [9.17, 15) is 0 Å². The van der Waals surface area contributed by atoms with Gasteiger partial charge in [-0.05, 0) is 56.0 Å². The van der Waals surface area contributed by atoms with Gasteiger partial charge in [0.25, 0.3) is 0 Å². The molecule has 2 aromatic carbocycles. The highest BCUT2D eigenvalue weighted by Crippen LogP contribution is 2.55. The summed E-state index contributed by atoms with van der Waals surface area (Å²) in [6.45, 7) is 4.71. The fraction of sp³-hybridized carbons (Fsp3) is 0.400. The van der Waals surface area contributed by atoms with Gasteiger partial charge in [0.1, 0.15) is 5.82 Å². The van der Waals surface area contributed by atoms with Gasteiger partial charge >= 0.3 is 0 Å². The molecule has 1 aliphatic carbocycles. The lowest BCUT2D eigenvalue weighted by Gasteiger charge is -2.40. The Labute approximate surface area is 166 Å². The number of fused-ring (bicyclic) bond motifs is 5. The first kappa shape index (κ1) is 16.4. The predicted molar refractivity (Wildman–Crippen MR) is 116 cm³/mol. The van der Waals surface area contributed by atoms with Gasteiger partial charge in [0.2, 0.25) is 0 Å². The molecule has 0 bridgehead atoms. The van der Waals surface area contributed by atoms with Gasteiger partial charge in [-0.2, -0.15) is 0 Å². The minimum Gasteiger partial charge on any atom is -0.337 e. The van der Waals surface area contributed by atoms with Crippen LogP contribution in [-0.4, -0.2) is 15.6 Å². The van der Waals surface area contributed by atoms with Crippen LogP contribution in [0.2, 0.25) is 0 Å². The Balaban J connectivity index is 1.55. The van der Waals surface area contributed by atoms with E-state index in [1.54, 1.807) is 5.56 Å². The summed E-state index contributed by atoms with van der Waals surface area (Å²) in [4.78, 5) is 7.55. The second-order valence-electron chi connectivity index (χ2n) is 8.89. The number of para-hydroxylation sites is 1. The smallest absolute Gasteiger partial charge is 0.117 e. The molecule has 3 heterocycles. The molecule has 1 saturated carbocycles. The van der Waals surface area contributed by atoms with Crippen molar-refractivity contribution in [3.05, 3.63) is 59.4 Å². The van der Waals surface area contributed by atoms with E-state index in [-0.39, 0.29) is 0 Å². The minimum absolute atomic E-state index is 0.301. The quantitative estimate of drug-likeness (QED) is 0.516. The zero-order valence-electron chi connectivity index (χ0n) is 16.8. The molecule has 0 saturated heterocycles. The van der Waals surface area contributed by atoms with Crippen molar-refractivity contribution in [2.24, 2.45) is 0 Å². The molecule has 3 nitrogen and oxygen atoms in total. The summed E-state index contributed by atoms with van der Waals surface area (Å²) in [6, 6.07) is 14.3. The minimum atomic E-state index is 0.301. The Hall–Kier alpha value is -2.55. The lowest BCUT2D eigenvalue weighted by molar-refractivity contribution is 0.268. The van der Waals surface area contributed by atoms with Gasteiger partial charge in [0.15, 0.2) is 0 Å². The van der Waals surface area contributed by atoms with Crippen LogP contribution in [0.25, 0.3) is 17.2 Å². The van der Waals surface area contributed by atoms with E-state index in [4.69, 9.17) is 4.98 Å². The fourth-order valence-electron chi connectivity index (χ4n) is 6.11. The molecule has 1 fully saturated rings. The maximum atomic E-state index is 4.93. The fourth-order valence-corrected chi connectivity index (χ4v) is 6.11. The summed E-state index contributed by atoms with van der Waals surface area (Å²) in [5.41, 5.74) is 8.30. The molecule has 28 heavy (non-hydrogen) atoms. The van der Waals surface area contributed by atoms with E-state index < -0.39 is 0 Å². The number of aryl methyl sites for hydroxylation is 1. The first-order valence-corrected chi connectivity index (χ1v) is 10.8. The standard InChI is InChI=1S/C25H27N3/c1-17-15-23-20(26-24-11-8-14-27(23)24)16-22(17)28-18(2)25(12-6-3-7-13-25)19-9-4-5-10-21(19)28/h4-5,8-10,14-16,18H,3,6-7,11-13H2,1-2H3. The Morgan fingerprint density at radius 1 is 1.04 bits per heavy atom. The van der Waals surface area contributed by atoms with Gasteiger partial charge in [0.05, 0.1) is 11.0 Å². The highest BCUT2D eigenvalue weighted by Gasteiger charge is 2.49. The molecular weight excluding hydrogens is 342 g/mol. The van der Waals surface area contributed by atoms with E-state index >= 15 is 0 Å². The predicted octanol–water partition coefficient (Wildman–Crippen LogP) is 6.11. The number of hydrogen-bond donors (Lipinski definition) is 0. The van der Waals surface area contributed by atoms with E-state index in [1.165, 1.54) is 54.6 Å². The summed E-state index contributed by atoms with van der Waals surface area (Å²) in [5, 5.41) is 0. The molecule has 3 aliphatic rings. The normalized spacial score (nSPS) is 22.2. The van der Waals surface area contributed by atoms with Crippen LogP contribution >= 0.6 is 0 Å². The highest BCUT2D eigenvalue weighted by molar-refractivity contribution is 5.87. The van der Waals surface area contributed by atoms with Gasteiger partial charge in [-0.3, -0.25) is 0 Å². The maximum absolute atomic E-state index is 4.93. The van der Waals surface area contributed by atoms with Crippen molar-refractivity contribution in [1.29, 1.82) is 0 Å². The molecule has 0 amide bonds. The molecule has 3 heteroatoms. The van der Waals surface area contributed by atoms with Gasteiger partial charge in [-0.1, -0.05) is 43.5 Å². The van der Waals surface area contributed by atoms with Crippen molar-refractivity contribution in [3.8, 4) is 0 Å². The van der Waals surface area contributed by atoms with Crippen molar-refractivity contribution in [2.45, 2.75) is 63.8 Å². The summed E-state index contributed by atoms with van der Waals surface area (Å²) >= 11 is 0. The van der Waals surface area contributed by atoms with Crippen molar-refractivity contribution < 1.29 is 0 Å². The molecule has 1 unspecified atom stereocenters. The Morgan fingerprint density at radius 2 is 1.86 bits per heavy atom. The molecule has 3 aromatic rings. The number of rotatable bonds is 1. The molecule has 2 aliphatic heterocycles. The summed E-state index contributed by atoms with van der Waals surface area (Å²) in [5.74, 6) is 1.16. The Kier molecular flexibility index (Phi) is 3.36. The molecular formula is C25H27N3.